The van der Waals surface area contributed by atoms with Gasteiger partial charge in [-0.1, -0.05) is 6.07 Å². The Hall–Kier alpha value is -1.88. The lowest BCUT2D eigenvalue weighted by molar-refractivity contribution is 0.312. The van der Waals surface area contributed by atoms with Gasteiger partial charge in [0, 0.05) is 37.7 Å². The van der Waals surface area contributed by atoms with Crippen molar-refractivity contribution in [1.82, 2.24) is 19.9 Å². The smallest absolute Gasteiger partial charge is 0.130 e. The third-order valence-electron chi connectivity index (χ3n) is 2.54. The van der Waals surface area contributed by atoms with Gasteiger partial charge in [-0.2, -0.15) is 0 Å². The van der Waals surface area contributed by atoms with Crippen LogP contribution in [-0.2, 0) is 13.1 Å². The summed E-state index contributed by atoms with van der Waals surface area (Å²) in [6.07, 6.45) is 5.40. The van der Waals surface area contributed by atoms with E-state index >= 15 is 0 Å². The lowest BCUT2D eigenvalue weighted by atomic mass is 10.2. The van der Waals surface area contributed by atoms with Crippen molar-refractivity contribution in [2.24, 2.45) is 0 Å². The Morgan fingerprint density at radius 3 is 2.88 bits per heavy atom. The van der Waals surface area contributed by atoms with E-state index in [2.05, 4.69) is 38.3 Å². The number of imidazole rings is 1. The maximum Gasteiger partial charge on any atom is 0.130 e. The van der Waals surface area contributed by atoms with Crippen molar-refractivity contribution in [2.75, 3.05) is 19.4 Å². The van der Waals surface area contributed by atoms with E-state index in [-0.39, 0.29) is 0 Å². The van der Waals surface area contributed by atoms with E-state index in [0.29, 0.717) is 0 Å². The number of H-pyrrole nitrogens is 1. The first-order valence-corrected chi connectivity index (χ1v) is 5.58. The summed E-state index contributed by atoms with van der Waals surface area (Å²) < 4.78 is 0. The first kappa shape index (κ1) is 11.6. The zero-order valence-electron chi connectivity index (χ0n) is 10.1. The van der Waals surface area contributed by atoms with Gasteiger partial charge in [0.25, 0.3) is 0 Å². The Kier molecular flexibility index (Phi) is 3.72. The molecule has 0 bridgehead atoms. The molecule has 0 amide bonds. The molecule has 2 aromatic heterocycles. The maximum atomic E-state index is 4.29. The average Bonchev–Trinajstić information content (AvgIpc) is 2.82. The summed E-state index contributed by atoms with van der Waals surface area (Å²) >= 11 is 0. The third kappa shape index (κ3) is 3.04. The number of nitrogens with zero attached hydrogens (tertiary/aromatic N) is 3. The van der Waals surface area contributed by atoms with Gasteiger partial charge in [-0.3, -0.25) is 4.90 Å². The van der Waals surface area contributed by atoms with Crippen LogP contribution in [0.25, 0.3) is 0 Å². The Labute approximate surface area is 101 Å². The van der Waals surface area contributed by atoms with E-state index in [4.69, 9.17) is 0 Å². The molecule has 5 heteroatoms. The summed E-state index contributed by atoms with van der Waals surface area (Å²) in [5, 5.41) is 3.10. The molecule has 2 heterocycles. The van der Waals surface area contributed by atoms with Crippen molar-refractivity contribution in [2.45, 2.75) is 13.1 Å². The van der Waals surface area contributed by atoms with E-state index in [1.54, 1.807) is 12.4 Å². The number of pyridine rings is 1. The fraction of sp³-hybridized carbons (Fsp3) is 0.333. The molecule has 2 N–H and O–H groups in total. The molecule has 0 fully saturated rings. The highest BCUT2D eigenvalue weighted by Gasteiger charge is 2.06. The highest BCUT2D eigenvalue weighted by molar-refractivity contribution is 5.42. The van der Waals surface area contributed by atoms with Crippen LogP contribution in [0.2, 0.25) is 0 Å². The predicted octanol–water partition coefficient (Wildman–Crippen LogP) is 1.48. The molecular formula is C12H17N5. The molecule has 90 valence electrons. The fourth-order valence-electron chi connectivity index (χ4n) is 1.78. The summed E-state index contributed by atoms with van der Waals surface area (Å²) in [7, 11) is 3.95. The Bertz CT molecular complexity index is 452. The van der Waals surface area contributed by atoms with E-state index in [1.807, 2.05) is 19.3 Å². The lowest BCUT2D eigenvalue weighted by Gasteiger charge is -2.16. The average molecular weight is 231 g/mol. The molecule has 2 rings (SSSR count). The van der Waals surface area contributed by atoms with Crippen LogP contribution < -0.4 is 5.32 Å². The molecule has 0 saturated heterocycles. The minimum Gasteiger partial charge on any atom is -0.373 e. The third-order valence-corrected chi connectivity index (χ3v) is 2.54. The topological polar surface area (TPSA) is 56.8 Å². The van der Waals surface area contributed by atoms with Crippen LogP contribution in [0.3, 0.4) is 0 Å². The number of aromatic nitrogens is 3. The van der Waals surface area contributed by atoms with Gasteiger partial charge in [-0.05, 0) is 13.1 Å². The molecule has 5 nitrogen and oxygen atoms in total. The van der Waals surface area contributed by atoms with Gasteiger partial charge in [0.05, 0.1) is 6.54 Å². The second-order valence-electron chi connectivity index (χ2n) is 3.97. The fourth-order valence-corrected chi connectivity index (χ4v) is 1.78. The molecule has 0 radical (unpaired) electrons. The summed E-state index contributed by atoms with van der Waals surface area (Å²) in [5.74, 6) is 1.90. The van der Waals surface area contributed by atoms with Crippen molar-refractivity contribution in [3.63, 3.8) is 0 Å². The quantitative estimate of drug-likeness (QED) is 0.818. The van der Waals surface area contributed by atoms with Crippen molar-refractivity contribution in [3.05, 3.63) is 42.1 Å². The highest BCUT2D eigenvalue weighted by atomic mass is 15.1. The van der Waals surface area contributed by atoms with Gasteiger partial charge in [0.1, 0.15) is 11.6 Å². The molecule has 0 aliphatic heterocycles. The first-order chi connectivity index (χ1) is 8.29. The predicted molar refractivity (Wildman–Crippen MR) is 67.5 cm³/mol. The Morgan fingerprint density at radius 1 is 1.29 bits per heavy atom. The number of aromatic amines is 1. The number of nitrogens with one attached hydrogen (secondary N) is 2. The molecule has 0 aliphatic rings. The standard InChI is InChI=1S/C12H17N5/c1-13-12-10(4-3-5-16-12)8-17(2)9-11-14-6-7-15-11/h3-7H,8-9H2,1-2H3,(H,13,16)(H,14,15). The second kappa shape index (κ2) is 5.45. The summed E-state index contributed by atoms with van der Waals surface area (Å²) in [6.45, 7) is 1.63. The van der Waals surface area contributed by atoms with Crippen molar-refractivity contribution >= 4 is 5.82 Å². The van der Waals surface area contributed by atoms with Crippen LogP contribution in [0.5, 0.6) is 0 Å². The van der Waals surface area contributed by atoms with Gasteiger partial charge in [0.2, 0.25) is 0 Å². The summed E-state index contributed by atoms with van der Waals surface area (Å²) in [4.78, 5) is 13.8. The maximum absolute atomic E-state index is 4.29. The van der Waals surface area contributed by atoms with Gasteiger partial charge in [-0.15, -0.1) is 0 Å². The number of hydrogen-bond acceptors (Lipinski definition) is 4. The van der Waals surface area contributed by atoms with E-state index in [1.165, 1.54) is 5.56 Å². The zero-order chi connectivity index (χ0) is 12.1. The van der Waals surface area contributed by atoms with Crippen molar-refractivity contribution in [3.8, 4) is 0 Å². The Balaban J connectivity index is 2.00. The van der Waals surface area contributed by atoms with Crippen LogP contribution in [-0.4, -0.2) is 33.9 Å². The largest absolute Gasteiger partial charge is 0.373 e. The summed E-state index contributed by atoms with van der Waals surface area (Å²) in [5.41, 5.74) is 1.18. The molecule has 0 atom stereocenters. The minimum absolute atomic E-state index is 0.797. The number of anilines is 1. The normalized spacial score (nSPS) is 10.8. The minimum atomic E-state index is 0.797. The lowest BCUT2D eigenvalue weighted by Crippen LogP contribution is -2.19. The Morgan fingerprint density at radius 2 is 2.18 bits per heavy atom. The first-order valence-electron chi connectivity index (χ1n) is 5.58. The molecular weight excluding hydrogens is 214 g/mol. The highest BCUT2D eigenvalue weighted by Crippen LogP contribution is 2.13. The van der Waals surface area contributed by atoms with Crippen LogP contribution in [0.4, 0.5) is 5.82 Å². The molecule has 0 unspecified atom stereocenters. The van der Waals surface area contributed by atoms with Crippen LogP contribution in [0, 0.1) is 0 Å². The van der Waals surface area contributed by atoms with E-state index in [9.17, 15) is 0 Å². The van der Waals surface area contributed by atoms with Crippen molar-refractivity contribution in [1.29, 1.82) is 0 Å². The number of rotatable bonds is 5. The van der Waals surface area contributed by atoms with E-state index in [0.717, 1.165) is 24.7 Å². The summed E-state index contributed by atoms with van der Waals surface area (Å²) in [6, 6.07) is 4.04. The van der Waals surface area contributed by atoms with Gasteiger partial charge >= 0.3 is 0 Å². The van der Waals surface area contributed by atoms with Crippen molar-refractivity contribution < 1.29 is 0 Å². The van der Waals surface area contributed by atoms with Crippen LogP contribution in [0.15, 0.2) is 30.7 Å². The molecule has 0 spiro atoms. The zero-order valence-corrected chi connectivity index (χ0v) is 10.1. The van der Waals surface area contributed by atoms with Gasteiger partial charge in [-0.25, -0.2) is 9.97 Å². The second-order valence-corrected chi connectivity index (χ2v) is 3.97. The molecule has 2 aromatic rings. The number of hydrogen-bond donors (Lipinski definition) is 2. The molecule has 17 heavy (non-hydrogen) atoms. The molecule has 0 saturated carbocycles. The van der Waals surface area contributed by atoms with Crippen LogP contribution in [0.1, 0.15) is 11.4 Å². The monoisotopic (exact) mass is 231 g/mol. The van der Waals surface area contributed by atoms with E-state index < -0.39 is 0 Å². The van der Waals surface area contributed by atoms with Gasteiger partial charge < -0.3 is 10.3 Å². The molecule has 0 aromatic carbocycles. The SMILES string of the molecule is CNc1ncccc1CN(C)Cc1ncc[nH]1. The van der Waals surface area contributed by atoms with Gasteiger partial charge in [0.15, 0.2) is 0 Å². The molecule has 0 aliphatic carbocycles. The van der Waals surface area contributed by atoms with Crippen LogP contribution >= 0.6 is 0 Å².